The Hall–Kier alpha value is -3.46. The van der Waals surface area contributed by atoms with Gasteiger partial charge in [-0.3, -0.25) is 9.38 Å². The minimum atomic E-state index is -4.57. The molecule has 1 unspecified atom stereocenters. The standard InChI is InChI=1S/C25H23F3N6/c26-25(27,28)21-18(6-3-9-30-21)19-15-32-23(34-13-10-31-22(19)34)33-11-7-24(8-12-33)14-16-4-1-2-5-17(16)20(24)29/h1-6,9-10,13,15,20H,7-8,11-12,14,29H2. The molecule has 1 spiro atoms. The lowest BCUT2D eigenvalue weighted by atomic mass is 9.73. The molecule has 1 aliphatic carbocycles. The van der Waals surface area contributed by atoms with Crippen LogP contribution in [0.3, 0.4) is 0 Å². The second-order valence-corrected chi connectivity index (χ2v) is 9.19. The molecule has 3 aromatic heterocycles. The number of nitrogens with two attached hydrogens (primary N) is 1. The van der Waals surface area contributed by atoms with Crippen molar-refractivity contribution in [2.45, 2.75) is 31.5 Å². The summed E-state index contributed by atoms with van der Waals surface area (Å²) >= 11 is 0. The first-order valence-corrected chi connectivity index (χ1v) is 11.3. The van der Waals surface area contributed by atoms with Gasteiger partial charge in [0, 0.05) is 55.0 Å². The Kier molecular flexibility index (Phi) is 4.67. The highest BCUT2D eigenvalue weighted by Gasteiger charge is 2.46. The zero-order chi connectivity index (χ0) is 23.5. The highest BCUT2D eigenvalue weighted by molar-refractivity contribution is 5.79. The maximum Gasteiger partial charge on any atom is 0.433 e. The van der Waals surface area contributed by atoms with Gasteiger partial charge < -0.3 is 10.6 Å². The monoisotopic (exact) mass is 464 g/mol. The van der Waals surface area contributed by atoms with Crippen LogP contribution in [0.4, 0.5) is 19.1 Å². The zero-order valence-corrected chi connectivity index (χ0v) is 18.3. The number of benzene rings is 1. The number of alkyl halides is 3. The summed E-state index contributed by atoms with van der Waals surface area (Å²) in [5.41, 5.74) is 9.07. The van der Waals surface area contributed by atoms with Gasteiger partial charge in [-0.05, 0) is 41.9 Å². The molecular weight excluding hydrogens is 441 g/mol. The Morgan fingerprint density at radius 2 is 1.74 bits per heavy atom. The van der Waals surface area contributed by atoms with E-state index in [-0.39, 0.29) is 17.0 Å². The smallest absolute Gasteiger partial charge is 0.342 e. The highest BCUT2D eigenvalue weighted by atomic mass is 19.4. The summed E-state index contributed by atoms with van der Waals surface area (Å²) in [6, 6.07) is 11.3. The highest BCUT2D eigenvalue weighted by Crippen LogP contribution is 2.51. The predicted octanol–water partition coefficient (Wildman–Crippen LogP) is 4.65. The normalized spacial score (nSPS) is 19.6. The van der Waals surface area contributed by atoms with Crippen LogP contribution in [-0.4, -0.2) is 32.4 Å². The molecule has 6 nitrogen and oxygen atoms in total. The third-order valence-corrected chi connectivity index (χ3v) is 7.41. The van der Waals surface area contributed by atoms with Gasteiger partial charge in [-0.2, -0.15) is 13.2 Å². The molecule has 1 atom stereocenters. The molecule has 2 N–H and O–H groups in total. The van der Waals surface area contributed by atoms with Gasteiger partial charge in [-0.25, -0.2) is 9.97 Å². The Labute approximate surface area is 194 Å². The molecule has 0 radical (unpaired) electrons. The van der Waals surface area contributed by atoms with Crippen molar-refractivity contribution in [3.05, 3.63) is 78.0 Å². The molecule has 9 heteroatoms. The van der Waals surface area contributed by atoms with Gasteiger partial charge in [-0.1, -0.05) is 30.3 Å². The number of anilines is 1. The van der Waals surface area contributed by atoms with Crippen LogP contribution in [0.2, 0.25) is 0 Å². The van der Waals surface area contributed by atoms with Crippen LogP contribution >= 0.6 is 0 Å². The molecule has 2 aliphatic rings. The third-order valence-electron chi connectivity index (χ3n) is 7.41. The molecule has 0 amide bonds. The molecule has 4 aromatic rings. The number of hydrogen-bond acceptors (Lipinski definition) is 5. The molecular formula is C25H23F3N6. The van der Waals surface area contributed by atoms with Crippen molar-refractivity contribution >= 4 is 11.6 Å². The predicted molar refractivity (Wildman–Crippen MR) is 122 cm³/mol. The van der Waals surface area contributed by atoms with Crippen molar-refractivity contribution < 1.29 is 13.2 Å². The van der Waals surface area contributed by atoms with E-state index in [1.165, 1.54) is 29.5 Å². The largest absolute Gasteiger partial charge is 0.433 e. The Morgan fingerprint density at radius 3 is 2.50 bits per heavy atom. The second-order valence-electron chi connectivity index (χ2n) is 9.19. The summed E-state index contributed by atoms with van der Waals surface area (Å²) in [6.45, 7) is 1.53. The van der Waals surface area contributed by atoms with Crippen molar-refractivity contribution in [1.82, 2.24) is 19.4 Å². The van der Waals surface area contributed by atoms with E-state index in [0.29, 0.717) is 17.2 Å². The summed E-state index contributed by atoms with van der Waals surface area (Å²) in [5, 5.41) is 0. The summed E-state index contributed by atoms with van der Waals surface area (Å²) in [4.78, 5) is 14.7. The van der Waals surface area contributed by atoms with Gasteiger partial charge in [0.05, 0.1) is 0 Å². The first kappa shape index (κ1) is 21.1. The van der Waals surface area contributed by atoms with Crippen LogP contribution < -0.4 is 10.6 Å². The van der Waals surface area contributed by atoms with E-state index in [1.807, 2.05) is 6.07 Å². The SMILES string of the molecule is NC1c2ccccc2CC12CCN(c1ncc(-c3cccnc3C(F)(F)F)c3nccn13)CC2. The molecule has 1 aromatic carbocycles. The molecule has 174 valence electrons. The zero-order valence-electron chi connectivity index (χ0n) is 18.3. The molecule has 6 rings (SSSR count). The first-order valence-electron chi connectivity index (χ1n) is 11.3. The van der Waals surface area contributed by atoms with Crippen LogP contribution in [0.15, 0.2) is 61.2 Å². The number of aromatic nitrogens is 4. The number of fused-ring (bicyclic) bond motifs is 2. The van der Waals surface area contributed by atoms with Gasteiger partial charge in [0.15, 0.2) is 5.69 Å². The van der Waals surface area contributed by atoms with Gasteiger partial charge in [-0.15, -0.1) is 0 Å². The van der Waals surface area contributed by atoms with E-state index in [4.69, 9.17) is 5.73 Å². The van der Waals surface area contributed by atoms with Crippen molar-refractivity contribution in [1.29, 1.82) is 0 Å². The van der Waals surface area contributed by atoms with Gasteiger partial charge in [0.1, 0.15) is 5.65 Å². The van der Waals surface area contributed by atoms with Gasteiger partial charge >= 0.3 is 6.18 Å². The van der Waals surface area contributed by atoms with Gasteiger partial charge in [0.2, 0.25) is 5.95 Å². The van der Waals surface area contributed by atoms with Gasteiger partial charge in [0.25, 0.3) is 0 Å². The minimum absolute atomic E-state index is 0.0146. The number of imidazole rings is 1. The number of nitrogens with zero attached hydrogens (tertiary/aromatic N) is 5. The average Bonchev–Trinajstić information content (AvgIpc) is 3.43. The van der Waals surface area contributed by atoms with Crippen molar-refractivity contribution in [3.63, 3.8) is 0 Å². The maximum atomic E-state index is 13.6. The van der Waals surface area contributed by atoms with E-state index in [0.717, 1.165) is 38.5 Å². The van der Waals surface area contributed by atoms with Crippen molar-refractivity contribution in [2.24, 2.45) is 11.1 Å². The van der Waals surface area contributed by atoms with Crippen LogP contribution in [0.5, 0.6) is 0 Å². The third kappa shape index (κ3) is 3.18. The number of pyridine rings is 1. The minimum Gasteiger partial charge on any atom is -0.342 e. The molecule has 1 fully saturated rings. The lowest BCUT2D eigenvalue weighted by molar-refractivity contribution is -0.140. The molecule has 4 heterocycles. The van der Waals surface area contributed by atoms with E-state index >= 15 is 0 Å². The van der Waals surface area contributed by atoms with E-state index in [2.05, 4.69) is 38.1 Å². The summed E-state index contributed by atoms with van der Waals surface area (Å²) < 4.78 is 42.5. The quantitative estimate of drug-likeness (QED) is 0.468. The molecule has 1 aliphatic heterocycles. The number of halogens is 3. The summed E-state index contributed by atoms with van der Waals surface area (Å²) in [6.07, 6.45) is 4.20. The topological polar surface area (TPSA) is 72.3 Å². The number of piperidine rings is 1. The fourth-order valence-electron chi connectivity index (χ4n) is 5.64. The lowest BCUT2D eigenvalue weighted by Crippen LogP contribution is -2.45. The molecule has 1 saturated heterocycles. The van der Waals surface area contributed by atoms with Crippen LogP contribution in [-0.2, 0) is 12.6 Å². The van der Waals surface area contributed by atoms with Crippen molar-refractivity contribution in [3.8, 4) is 11.1 Å². The molecule has 34 heavy (non-hydrogen) atoms. The van der Waals surface area contributed by atoms with Crippen LogP contribution in [0.25, 0.3) is 16.8 Å². The Morgan fingerprint density at radius 1 is 0.941 bits per heavy atom. The van der Waals surface area contributed by atoms with E-state index in [1.54, 1.807) is 16.8 Å². The molecule has 0 bridgehead atoms. The average molecular weight is 464 g/mol. The Balaban J connectivity index is 1.32. The second kappa shape index (κ2) is 7.53. The van der Waals surface area contributed by atoms with Crippen LogP contribution in [0, 0.1) is 5.41 Å². The lowest BCUT2D eigenvalue weighted by Gasteiger charge is -2.42. The van der Waals surface area contributed by atoms with Crippen molar-refractivity contribution in [2.75, 3.05) is 18.0 Å². The first-order chi connectivity index (χ1) is 16.4. The fraction of sp³-hybridized carbons (Fsp3) is 0.320. The summed E-state index contributed by atoms with van der Waals surface area (Å²) in [5.74, 6) is 0.674. The molecule has 0 saturated carbocycles. The van der Waals surface area contributed by atoms with E-state index in [9.17, 15) is 13.2 Å². The maximum absolute atomic E-state index is 13.6. The van der Waals surface area contributed by atoms with Crippen LogP contribution in [0.1, 0.15) is 35.7 Å². The fourth-order valence-corrected chi connectivity index (χ4v) is 5.64. The number of hydrogen-bond donors (Lipinski definition) is 1. The Bertz CT molecular complexity index is 1370. The van der Waals surface area contributed by atoms with E-state index < -0.39 is 11.9 Å². The summed E-state index contributed by atoms with van der Waals surface area (Å²) in [7, 11) is 0. The number of rotatable bonds is 2.